The Kier molecular flexibility index (Phi) is 4.58. The van der Waals surface area contributed by atoms with Crippen LogP contribution in [0.1, 0.15) is 5.56 Å². The van der Waals surface area contributed by atoms with E-state index in [-0.39, 0.29) is 10.7 Å². The van der Waals surface area contributed by atoms with Crippen LogP contribution in [0.2, 0.25) is 0 Å². The Labute approximate surface area is 164 Å². The van der Waals surface area contributed by atoms with Crippen LogP contribution in [0.5, 0.6) is 0 Å². The Morgan fingerprint density at radius 3 is 2.54 bits per heavy atom. The molecule has 4 aromatic rings. The first kappa shape index (κ1) is 18.5. The number of anilines is 2. The van der Waals surface area contributed by atoms with Crippen LogP contribution in [-0.2, 0) is 10.0 Å². The Bertz CT molecular complexity index is 1290. The molecule has 9 heteroatoms. The number of primary sulfonamides is 1. The molecule has 0 radical (unpaired) electrons. The lowest BCUT2D eigenvalue weighted by Gasteiger charge is -2.09. The summed E-state index contributed by atoms with van der Waals surface area (Å²) in [4.78, 5) is 9.55. The van der Waals surface area contributed by atoms with Gasteiger partial charge in [-0.3, -0.25) is 0 Å². The van der Waals surface area contributed by atoms with Gasteiger partial charge in [0.25, 0.3) is 0 Å². The van der Waals surface area contributed by atoms with E-state index < -0.39 is 10.0 Å². The normalized spacial score (nSPS) is 11.7. The number of fused-ring (bicyclic) bond motifs is 1. The standard InChI is InChI=1S/C19H15FN4O2S2/c1-11-2-7-14(8-17(11)28(21,25)26)24-19-18-15(22-10-23-19)9-16(27-18)12-3-5-13(20)6-4-12/h2-10H,1H3,(H2,21,25,26)(H,22,23,24). The van der Waals surface area contributed by atoms with Crippen molar-refractivity contribution in [3.63, 3.8) is 0 Å². The average molecular weight is 414 g/mol. The molecule has 0 fully saturated rings. The first-order chi connectivity index (χ1) is 13.3. The predicted molar refractivity (Wildman–Crippen MR) is 109 cm³/mol. The van der Waals surface area contributed by atoms with Gasteiger partial charge < -0.3 is 5.32 Å². The molecule has 28 heavy (non-hydrogen) atoms. The van der Waals surface area contributed by atoms with Gasteiger partial charge in [-0.15, -0.1) is 11.3 Å². The zero-order valence-electron chi connectivity index (χ0n) is 14.7. The van der Waals surface area contributed by atoms with Crippen molar-refractivity contribution in [1.29, 1.82) is 0 Å². The molecule has 0 amide bonds. The van der Waals surface area contributed by atoms with E-state index in [0.29, 0.717) is 17.1 Å². The van der Waals surface area contributed by atoms with E-state index in [4.69, 9.17) is 5.14 Å². The lowest BCUT2D eigenvalue weighted by atomic mass is 10.2. The average Bonchev–Trinajstić information content (AvgIpc) is 3.08. The van der Waals surface area contributed by atoms with Gasteiger partial charge in [-0.25, -0.2) is 27.9 Å². The minimum absolute atomic E-state index is 0.0565. The van der Waals surface area contributed by atoms with Gasteiger partial charge in [0, 0.05) is 10.6 Å². The van der Waals surface area contributed by atoms with Crippen molar-refractivity contribution in [3.05, 3.63) is 66.2 Å². The fourth-order valence-electron chi connectivity index (χ4n) is 2.82. The second-order valence-corrected chi connectivity index (χ2v) is 8.79. The molecule has 0 saturated heterocycles. The largest absolute Gasteiger partial charge is 0.339 e. The first-order valence-corrected chi connectivity index (χ1v) is 10.6. The molecule has 0 aliphatic carbocycles. The highest BCUT2D eigenvalue weighted by Gasteiger charge is 2.14. The van der Waals surface area contributed by atoms with Crippen LogP contribution in [0.25, 0.3) is 20.7 Å². The number of halogens is 1. The smallest absolute Gasteiger partial charge is 0.238 e. The number of benzene rings is 2. The van der Waals surface area contributed by atoms with Crippen molar-refractivity contribution in [1.82, 2.24) is 9.97 Å². The van der Waals surface area contributed by atoms with Gasteiger partial charge in [-0.1, -0.05) is 18.2 Å². The van der Waals surface area contributed by atoms with E-state index in [1.54, 1.807) is 31.2 Å². The number of hydrogen-bond donors (Lipinski definition) is 2. The highest BCUT2D eigenvalue weighted by Crippen LogP contribution is 2.36. The van der Waals surface area contributed by atoms with Crippen LogP contribution < -0.4 is 10.5 Å². The summed E-state index contributed by atoms with van der Waals surface area (Å²) in [7, 11) is -3.83. The van der Waals surface area contributed by atoms with Gasteiger partial charge >= 0.3 is 0 Å². The molecule has 0 atom stereocenters. The molecule has 142 valence electrons. The molecule has 4 rings (SSSR count). The summed E-state index contributed by atoms with van der Waals surface area (Å²) in [6, 6.07) is 13.1. The molecule has 2 heterocycles. The third-order valence-corrected chi connectivity index (χ3v) is 6.43. The van der Waals surface area contributed by atoms with E-state index in [1.807, 2.05) is 6.07 Å². The van der Waals surface area contributed by atoms with Crippen molar-refractivity contribution in [2.75, 3.05) is 5.32 Å². The molecular formula is C19H15FN4O2S2. The fraction of sp³-hybridized carbons (Fsp3) is 0.0526. The molecule has 0 bridgehead atoms. The predicted octanol–water partition coefficient (Wildman–Crippen LogP) is 4.20. The van der Waals surface area contributed by atoms with Crippen molar-refractivity contribution in [3.8, 4) is 10.4 Å². The van der Waals surface area contributed by atoms with Crippen LogP contribution in [0.3, 0.4) is 0 Å². The molecular weight excluding hydrogens is 399 g/mol. The van der Waals surface area contributed by atoms with Gasteiger partial charge in [0.1, 0.15) is 12.1 Å². The monoisotopic (exact) mass is 414 g/mol. The van der Waals surface area contributed by atoms with Crippen molar-refractivity contribution in [2.45, 2.75) is 11.8 Å². The van der Waals surface area contributed by atoms with Gasteiger partial charge in [0.2, 0.25) is 10.0 Å². The van der Waals surface area contributed by atoms with E-state index in [1.165, 1.54) is 35.9 Å². The molecule has 2 aromatic heterocycles. The molecule has 0 unspecified atom stereocenters. The first-order valence-electron chi connectivity index (χ1n) is 8.22. The van der Waals surface area contributed by atoms with Crippen LogP contribution in [0.4, 0.5) is 15.9 Å². The zero-order valence-corrected chi connectivity index (χ0v) is 16.3. The summed E-state index contributed by atoms with van der Waals surface area (Å²) >= 11 is 1.46. The summed E-state index contributed by atoms with van der Waals surface area (Å²) in [5, 5.41) is 8.42. The number of aryl methyl sites for hydroxylation is 1. The summed E-state index contributed by atoms with van der Waals surface area (Å²) in [6.07, 6.45) is 1.43. The van der Waals surface area contributed by atoms with Crippen molar-refractivity contribution >= 4 is 43.1 Å². The highest BCUT2D eigenvalue weighted by molar-refractivity contribution is 7.89. The molecule has 2 aromatic carbocycles. The van der Waals surface area contributed by atoms with Gasteiger partial charge in [0.15, 0.2) is 5.82 Å². The molecule has 3 N–H and O–H groups in total. The number of thiophene rings is 1. The third kappa shape index (κ3) is 3.59. The number of nitrogens with two attached hydrogens (primary N) is 1. The maximum atomic E-state index is 13.2. The van der Waals surface area contributed by atoms with Crippen LogP contribution in [0.15, 0.2) is 59.8 Å². The van der Waals surface area contributed by atoms with Crippen LogP contribution in [-0.4, -0.2) is 18.4 Å². The SMILES string of the molecule is Cc1ccc(Nc2ncnc3cc(-c4ccc(F)cc4)sc23)cc1S(N)(=O)=O. The number of aromatic nitrogens is 2. The number of rotatable bonds is 4. The topological polar surface area (TPSA) is 98.0 Å². The van der Waals surface area contributed by atoms with Crippen molar-refractivity contribution in [2.24, 2.45) is 5.14 Å². The summed E-state index contributed by atoms with van der Waals surface area (Å²) in [6.45, 7) is 1.68. The zero-order chi connectivity index (χ0) is 19.9. The maximum Gasteiger partial charge on any atom is 0.238 e. The van der Waals surface area contributed by atoms with E-state index >= 15 is 0 Å². The highest BCUT2D eigenvalue weighted by atomic mass is 32.2. The minimum atomic E-state index is -3.83. The molecule has 6 nitrogen and oxygen atoms in total. The number of nitrogens with zero attached hydrogens (tertiary/aromatic N) is 2. The second kappa shape index (κ2) is 6.93. The Morgan fingerprint density at radius 1 is 1.07 bits per heavy atom. The number of nitrogens with one attached hydrogen (secondary N) is 1. The summed E-state index contributed by atoms with van der Waals surface area (Å²) in [5.41, 5.74) is 2.73. The molecule has 0 aliphatic heterocycles. The Morgan fingerprint density at radius 2 is 1.82 bits per heavy atom. The minimum Gasteiger partial charge on any atom is -0.339 e. The molecule has 0 spiro atoms. The van der Waals surface area contributed by atoms with E-state index in [2.05, 4.69) is 15.3 Å². The van der Waals surface area contributed by atoms with Crippen molar-refractivity contribution < 1.29 is 12.8 Å². The quantitative estimate of drug-likeness (QED) is 0.522. The second-order valence-electron chi connectivity index (χ2n) is 6.20. The van der Waals surface area contributed by atoms with Crippen LogP contribution in [0, 0.1) is 12.7 Å². The molecule has 0 aliphatic rings. The summed E-state index contributed by atoms with van der Waals surface area (Å²) < 4.78 is 37.5. The van der Waals surface area contributed by atoms with Crippen LogP contribution >= 0.6 is 11.3 Å². The number of sulfonamides is 1. The summed E-state index contributed by atoms with van der Waals surface area (Å²) in [5.74, 6) is 0.254. The number of hydrogen-bond acceptors (Lipinski definition) is 6. The van der Waals surface area contributed by atoms with Gasteiger partial charge in [-0.05, 0) is 48.4 Å². The Hall–Kier alpha value is -2.88. The Balaban J connectivity index is 1.75. The third-order valence-electron chi connectivity index (χ3n) is 4.20. The van der Waals surface area contributed by atoms with Gasteiger partial charge in [-0.2, -0.15) is 0 Å². The maximum absolute atomic E-state index is 13.2. The molecule has 0 saturated carbocycles. The lowest BCUT2D eigenvalue weighted by molar-refractivity contribution is 0.597. The lowest BCUT2D eigenvalue weighted by Crippen LogP contribution is -2.13. The van der Waals surface area contributed by atoms with E-state index in [9.17, 15) is 12.8 Å². The van der Waals surface area contributed by atoms with E-state index in [0.717, 1.165) is 20.7 Å². The van der Waals surface area contributed by atoms with Gasteiger partial charge in [0.05, 0.1) is 15.1 Å². The fourth-order valence-corrected chi connectivity index (χ4v) is 4.69.